The van der Waals surface area contributed by atoms with Crippen LogP contribution in [0.4, 0.5) is 5.69 Å². The van der Waals surface area contributed by atoms with E-state index in [0.717, 1.165) is 11.3 Å². The average Bonchev–Trinajstić information content (AvgIpc) is 3.21. The van der Waals surface area contributed by atoms with Gasteiger partial charge in [0.25, 0.3) is 5.56 Å². The smallest absolute Gasteiger partial charge is 0.341 e. The van der Waals surface area contributed by atoms with Crippen molar-refractivity contribution in [2.45, 2.75) is 19.9 Å². The fourth-order valence-corrected chi connectivity index (χ4v) is 5.29. The topological polar surface area (TPSA) is 120 Å². The molecule has 0 aliphatic carbocycles. The van der Waals surface area contributed by atoms with Crippen LogP contribution in [0.15, 0.2) is 63.5 Å². The van der Waals surface area contributed by atoms with E-state index < -0.39 is 24.6 Å². The van der Waals surface area contributed by atoms with Gasteiger partial charge in [0.15, 0.2) is 22.9 Å². The SMILES string of the molecule is CCOC(=O)C1=C(C)N=c2s/c(=C/c3ccc(OCC(=O)O)c(OC)c3)c(=O)n2[C@@H]1c1ccc(N(C)C)cc1. The first-order valence-corrected chi connectivity index (χ1v) is 13.0. The molecule has 0 fully saturated rings. The number of benzene rings is 2. The van der Waals surface area contributed by atoms with E-state index in [4.69, 9.17) is 19.3 Å². The minimum Gasteiger partial charge on any atom is -0.493 e. The van der Waals surface area contributed by atoms with Crippen molar-refractivity contribution in [3.8, 4) is 11.5 Å². The highest BCUT2D eigenvalue weighted by molar-refractivity contribution is 7.07. The molecule has 204 valence electrons. The van der Waals surface area contributed by atoms with Gasteiger partial charge in [-0.15, -0.1) is 0 Å². The van der Waals surface area contributed by atoms with Gasteiger partial charge in [-0.1, -0.05) is 29.5 Å². The van der Waals surface area contributed by atoms with Crippen molar-refractivity contribution in [1.82, 2.24) is 4.57 Å². The van der Waals surface area contributed by atoms with E-state index in [1.807, 2.05) is 43.3 Å². The molecule has 2 heterocycles. The van der Waals surface area contributed by atoms with Gasteiger partial charge in [0.1, 0.15) is 0 Å². The third kappa shape index (κ3) is 5.73. The summed E-state index contributed by atoms with van der Waals surface area (Å²) in [5, 5.41) is 8.89. The lowest BCUT2D eigenvalue weighted by Crippen LogP contribution is -2.39. The number of aromatic nitrogens is 1. The van der Waals surface area contributed by atoms with Gasteiger partial charge >= 0.3 is 11.9 Å². The molecule has 4 rings (SSSR count). The molecule has 0 unspecified atom stereocenters. The summed E-state index contributed by atoms with van der Waals surface area (Å²) in [6, 6.07) is 11.9. The van der Waals surface area contributed by atoms with Gasteiger partial charge in [-0.05, 0) is 55.3 Å². The molecule has 1 N–H and O–H groups in total. The number of hydrogen-bond donors (Lipinski definition) is 1. The third-order valence-electron chi connectivity index (χ3n) is 6.08. The summed E-state index contributed by atoms with van der Waals surface area (Å²) >= 11 is 1.21. The monoisotopic (exact) mass is 551 g/mol. The number of aliphatic carboxylic acids is 1. The molecule has 10 nitrogen and oxygen atoms in total. The summed E-state index contributed by atoms with van der Waals surface area (Å²) in [5.41, 5.74) is 2.88. The predicted molar refractivity (Wildman–Crippen MR) is 147 cm³/mol. The van der Waals surface area contributed by atoms with Gasteiger partial charge in [0.2, 0.25) is 0 Å². The molecule has 3 aromatic rings. The van der Waals surface area contributed by atoms with Crippen molar-refractivity contribution in [3.05, 3.63) is 84.5 Å². The van der Waals surface area contributed by atoms with Crippen LogP contribution in [0.3, 0.4) is 0 Å². The van der Waals surface area contributed by atoms with Gasteiger partial charge in [-0.25, -0.2) is 14.6 Å². The van der Waals surface area contributed by atoms with Crippen LogP contribution in [0, 0.1) is 0 Å². The maximum absolute atomic E-state index is 13.8. The minimum atomic E-state index is -1.11. The molecule has 1 aliphatic heterocycles. The van der Waals surface area contributed by atoms with Crippen LogP contribution in [-0.2, 0) is 14.3 Å². The summed E-state index contributed by atoms with van der Waals surface area (Å²) in [4.78, 5) is 44.7. The number of nitrogens with zero attached hydrogens (tertiary/aromatic N) is 3. The summed E-state index contributed by atoms with van der Waals surface area (Å²) in [6.45, 7) is 3.16. The van der Waals surface area contributed by atoms with E-state index in [0.29, 0.717) is 31.9 Å². The fourth-order valence-electron chi connectivity index (χ4n) is 4.25. The maximum atomic E-state index is 13.8. The molecule has 2 aromatic carbocycles. The van der Waals surface area contributed by atoms with Crippen molar-refractivity contribution in [2.24, 2.45) is 4.99 Å². The Morgan fingerprint density at radius 1 is 1.15 bits per heavy atom. The Bertz CT molecular complexity index is 1620. The molecule has 1 atom stereocenters. The molecule has 0 amide bonds. The molecule has 39 heavy (non-hydrogen) atoms. The average molecular weight is 552 g/mol. The largest absolute Gasteiger partial charge is 0.493 e. The number of ether oxygens (including phenoxy) is 3. The number of carboxylic acids is 1. The number of carbonyl (C=O) groups is 2. The number of thiazole rings is 1. The van der Waals surface area contributed by atoms with Crippen molar-refractivity contribution in [1.29, 1.82) is 0 Å². The van der Waals surface area contributed by atoms with E-state index >= 15 is 0 Å². The molecule has 1 aromatic heterocycles. The van der Waals surface area contributed by atoms with Crippen LogP contribution in [0.1, 0.15) is 31.0 Å². The zero-order valence-electron chi connectivity index (χ0n) is 22.3. The molecule has 0 saturated heterocycles. The van der Waals surface area contributed by atoms with Crippen molar-refractivity contribution >= 4 is 35.0 Å². The predicted octanol–water partition coefficient (Wildman–Crippen LogP) is 2.34. The lowest BCUT2D eigenvalue weighted by Gasteiger charge is -2.25. The third-order valence-corrected chi connectivity index (χ3v) is 7.06. The van der Waals surface area contributed by atoms with Crippen LogP contribution >= 0.6 is 11.3 Å². The second-order valence-corrected chi connectivity index (χ2v) is 9.89. The molecular formula is C28H29N3O7S. The van der Waals surface area contributed by atoms with Crippen LogP contribution in [0.25, 0.3) is 6.08 Å². The highest BCUT2D eigenvalue weighted by atomic mass is 32.1. The number of esters is 1. The highest BCUT2D eigenvalue weighted by Crippen LogP contribution is 2.32. The Kier molecular flexibility index (Phi) is 8.20. The summed E-state index contributed by atoms with van der Waals surface area (Å²) < 4.78 is 17.9. The first kappa shape index (κ1) is 27.6. The first-order valence-electron chi connectivity index (χ1n) is 12.1. The molecule has 11 heteroatoms. The second kappa shape index (κ2) is 11.6. The number of carboxylic acid groups (broad SMARTS) is 1. The molecule has 0 bridgehead atoms. The van der Waals surface area contributed by atoms with E-state index in [1.165, 1.54) is 23.0 Å². The number of anilines is 1. The van der Waals surface area contributed by atoms with Crippen LogP contribution < -0.4 is 29.3 Å². The molecular weight excluding hydrogens is 522 g/mol. The van der Waals surface area contributed by atoms with Gasteiger partial charge in [-0.2, -0.15) is 0 Å². The standard InChI is InChI=1S/C28H29N3O7S/c1-6-37-27(35)24-16(2)29-28-31(25(24)18-8-10-19(11-9-18)30(3)4)26(34)22(39-28)14-17-7-12-20(21(13-17)36-5)38-15-23(32)33/h7-14,25H,6,15H2,1-5H3,(H,32,33)/b22-14+/t25-/m1/s1. The van der Waals surface area contributed by atoms with E-state index in [9.17, 15) is 14.4 Å². The minimum absolute atomic E-state index is 0.195. The summed E-state index contributed by atoms with van der Waals surface area (Å²) in [5.74, 6) is -1.02. The number of rotatable bonds is 9. The molecule has 0 saturated carbocycles. The fraction of sp³-hybridized carbons (Fsp3) is 0.286. The van der Waals surface area contributed by atoms with Crippen molar-refractivity contribution < 1.29 is 28.9 Å². The molecule has 1 aliphatic rings. The van der Waals surface area contributed by atoms with E-state index in [-0.39, 0.29) is 17.9 Å². The Hall–Kier alpha value is -4.38. The number of methoxy groups -OCH3 is 1. The number of fused-ring (bicyclic) bond motifs is 1. The Labute approximate surface area is 228 Å². The van der Waals surface area contributed by atoms with E-state index in [2.05, 4.69) is 4.99 Å². The van der Waals surface area contributed by atoms with Crippen LogP contribution in [0.5, 0.6) is 11.5 Å². The van der Waals surface area contributed by atoms with Crippen LogP contribution in [0.2, 0.25) is 0 Å². The summed E-state index contributed by atoms with van der Waals surface area (Å²) in [7, 11) is 5.32. The normalized spacial score (nSPS) is 14.9. The van der Waals surface area contributed by atoms with Gasteiger partial charge in [0, 0.05) is 19.8 Å². The van der Waals surface area contributed by atoms with Crippen molar-refractivity contribution in [3.63, 3.8) is 0 Å². The lowest BCUT2D eigenvalue weighted by molar-refractivity contribution is -0.140. The Balaban J connectivity index is 1.85. The number of allylic oxidation sites excluding steroid dienone is 1. The summed E-state index contributed by atoms with van der Waals surface area (Å²) in [6.07, 6.45) is 1.70. The van der Waals surface area contributed by atoms with Crippen molar-refractivity contribution in [2.75, 3.05) is 39.3 Å². The number of hydrogen-bond acceptors (Lipinski definition) is 9. The Morgan fingerprint density at radius 2 is 1.87 bits per heavy atom. The Morgan fingerprint density at radius 3 is 2.49 bits per heavy atom. The zero-order valence-corrected chi connectivity index (χ0v) is 23.1. The number of carbonyl (C=O) groups excluding carboxylic acids is 1. The second-order valence-electron chi connectivity index (χ2n) is 8.88. The quantitative estimate of drug-likeness (QED) is 0.403. The van der Waals surface area contributed by atoms with Gasteiger partial charge < -0.3 is 24.2 Å². The molecule has 0 spiro atoms. The van der Waals surface area contributed by atoms with Gasteiger partial charge in [0.05, 0.1) is 35.6 Å². The van der Waals surface area contributed by atoms with Crippen LogP contribution in [-0.4, -0.2) is 56.0 Å². The first-order chi connectivity index (χ1) is 18.6. The lowest BCUT2D eigenvalue weighted by atomic mass is 9.95. The zero-order chi connectivity index (χ0) is 28.3. The maximum Gasteiger partial charge on any atom is 0.341 e. The van der Waals surface area contributed by atoms with E-state index in [1.54, 1.807) is 38.1 Å². The van der Waals surface area contributed by atoms with Gasteiger partial charge in [-0.3, -0.25) is 9.36 Å². The highest BCUT2D eigenvalue weighted by Gasteiger charge is 2.33. The molecule has 0 radical (unpaired) electrons.